The van der Waals surface area contributed by atoms with E-state index in [0.29, 0.717) is 22.3 Å². The first-order valence-corrected chi connectivity index (χ1v) is 9.12. The minimum absolute atomic E-state index is 0.268. The summed E-state index contributed by atoms with van der Waals surface area (Å²) in [6.07, 6.45) is 0. The molecule has 0 radical (unpaired) electrons. The van der Waals surface area contributed by atoms with Crippen molar-refractivity contribution < 1.29 is 8.78 Å². The molecular weight excluding hydrogens is 399 g/mol. The normalized spacial score (nSPS) is 10.6. The first kappa shape index (κ1) is 18.8. The van der Waals surface area contributed by atoms with Gasteiger partial charge in [0.1, 0.15) is 11.6 Å². The Balaban J connectivity index is 1.68. The molecule has 3 aromatic rings. The number of pyridine rings is 1. The van der Waals surface area contributed by atoms with Crippen LogP contribution in [0.25, 0.3) is 0 Å². The summed E-state index contributed by atoms with van der Waals surface area (Å²) in [7, 11) is 0. The summed E-state index contributed by atoms with van der Waals surface area (Å²) < 4.78 is 30.2. The van der Waals surface area contributed by atoms with Crippen LogP contribution in [0.1, 0.15) is 5.56 Å². The van der Waals surface area contributed by atoms with Gasteiger partial charge in [-0.15, -0.1) is 0 Å². The Morgan fingerprint density at radius 2 is 1.77 bits per heavy atom. The molecule has 0 bridgehead atoms. The average molecular weight is 412 g/mol. The van der Waals surface area contributed by atoms with Gasteiger partial charge in [0, 0.05) is 11.6 Å². The van der Waals surface area contributed by atoms with E-state index in [9.17, 15) is 8.78 Å². The molecule has 0 fully saturated rings. The highest BCUT2D eigenvalue weighted by molar-refractivity contribution is 8.00. The summed E-state index contributed by atoms with van der Waals surface area (Å²) in [5, 5.41) is 4.05. The minimum Gasteiger partial charge on any atom is -0.380 e. The van der Waals surface area contributed by atoms with Crippen LogP contribution in [0, 0.1) is 11.8 Å². The van der Waals surface area contributed by atoms with Crippen LogP contribution >= 0.6 is 35.1 Å². The molecule has 2 N–H and O–H groups in total. The van der Waals surface area contributed by atoms with Gasteiger partial charge in [0.05, 0.1) is 15.6 Å². The Hall–Kier alpha value is -2.02. The molecule has 0 aliphatic heterocycles. The molecule has 2 aromatic carbocycles. The second-order valence-electron chi connectivity index (χ2n) is 5.26. The van der Waals surface area contributed by atoms with E-state index in [0.717, 1.165) is 17.5 Å². The number of halogens is 4. The Morgan fingerprint density at radius 1 is 0.962 bits per heavy atom. The van der Waals surface area contributed by atoms with Gasteiger partial charge in [-0.2, -0.15) is 4.39 Å². The van der Waals surface area contributed by atoms with Gasteiger partial charge in [-0.1, -0.05) is 47.5 Å². The average Bonchev–Trinajstić information content (AvgIpc) is 2.62. The van der Waals surface area contributed by atoms with Crippen molar-refractivity contribution in [1.82, 2.24) is 4.98 Å². The predicted octanol–water partition coefficient (Wildman–Crippen LogP) is 6.40. The summed E-state index contributed by atoms with van der Waals surface area (Å²) in [6, 6.07) is 14.5. The zero-order valence-electron chi connectivity index (χ0n) is 13.3. The molecule has 3 nitrogen and oxygen atoms in total. The van der Waals surface area contributed by atoms with E-state index < -0.39 is 11.8 Å². The molecule has 1 aromatic heterocycles. The van der Waals surface area contributed by atoms with Crippen molar-refractivity contribution in [2.45, 2.75) is 11.4 Å². The fraction of sp³-hybridized carbons (Fsp3) is 0.0556. The summed E-state index contributed by atoms with van der Waals surface area (Å²) in [5.41, 5.74) is 1.33. The van der Waals surface area contributed by atoms with Crippen LogP contribution in [0.2, 0.25) is 10.0 Å². The lowest BCUT2D eigenvalue weighted by Gasteiger charge is -2.12. The lowest BCUT2D eigenvalue weighted by Crippen LogP contribution is -2.02. The van der Waals surface area contributed by atoms with Gasteiger partial charge in [0.15, 0.2) is 0 Å². The highest BCUT2D eigenvalue weighted by Crippen LogP contribution is 2.32. The Kier molecular flexibility index (Phi) is 6.19. The molecular formula is C18H13Cl2F2N3S. The molecule has 0 saturated heterocycles. The predicted molar refractivity (Wildman–Crippen MR) is 104 cm³/mol. The molecule has 0 spiro atoms. The molecule has 0 atom stereocenters. The second kappa shape index (κ2) is 8.58. The first-order valence-electron chi connectivity index (χ1n) is 7.54. The van der Waals surface area contributed by atoms with Crippen LogP contribution in [-0.4, -0.2) is 4.98 Å². The number of rotatable bonds is 6. The molecule has 26 heavy (non-hydrogen) atoms. The molecule has 8 heteroatoms. The fourth-order valence-electron chi connectivity index (χ4n) is 2.15. The van der Waals surface area contributed by atoms with Gasteiger partial charge < -0.3 is 10.0 Å². The third-order valence-corrected chi connectivity index (χ3v) is 4.95. The standard InChI is InChI=1S/C18H13Cl2F2N3S/c19-12-5-2-1-4-11(12)10-23-15-9-14(21)16(8-13(15)20)26-25-18-7-3-6-17(22)24-18/h1-9,23H,10H2,(H,24,25). The second-order valence-corrected chi connectivity index (χ2v) is 6.92. The summed E-state index contributed by atoms with van der Waals surface area (Å²) in [5.74, 6) is -0.801. The van der Waals surface area contributed by atoms with Gasteiger partial charge in [0.25, 0.3) is 0 Å². The number of aromatic nitrogens is 1. The molecule has 0 unspecified atom stereocenters. The Bertz CT molecular complexity index is 925. The van der Waals surface area contributed by atoms with Crippen LogP contribution in [0.5, 0.6) is 0 Å². The van der Waals surface area contributed by atoms with Crippen molar-refractivity contribution in [1.29, 1.82) is 0 Å². The monoisotopic (exact) mass is 411 g/mol. The number of benzene rings is 2. The number of nitrogens with one attached hydrogen (secondary N) is 2. The van der Waals surface area contributed by atoms with Crippen molar-refractivity contribution in [3.63, 3.8) is 0 Å². The number of hydrogen-bond acceptors (Lipinski definition) is 4. The summed E-state index contributed by atoms with van der Waals surface area (Å²) in [6.45, 7) is 0.413. The zero-order valence-corrected chi connectivity index (χ0v) is 15.6. The first-order chi connectivity index (χ1) is 12.5. The van der Waals surface area contributed by atoms with Gasteiger partial charge in [-0.05, 0) is 47.8 Å². The van der Waals surface area contributed by atoms with Gasteiger partial charge in [-0.25, -0.2) is 9.37 Å². The third kappa shape index (κ3) is 4.78. The van der Waals surface area contributed by atoms with Crippen LogP contribution in [-0.2, 0) is 6.54 Å². The summed E-state index contributed by atoms with van der Waals surface area (Å²) in [4.78, 5) is 3.92. The van der Waals surface area contributed by atoms with E-state index in [1.54, 1.807) is 12.1 Å². The number of anilines is 2. The van der Waals surface area contributed by atoms with E-state index in [1.807, 2.05) is 18.2 Å². The van der Waals surface area contributed by atoms with Crippen molar-refractivity contribution >= 4 is 46.7 Å². The lowest BCUT2D eigenvalue weighted by atomic mass is 10.2. The van der Waals surface area contributed by atoms with Gasteiger partial charge in [0.2, 0.25) is 5.95 Å². The Labute approximate surface area is 163 Å². The molecule has 0 aliphatic rings. The number of nitrogens with zero attached hydrogens (tertiary/aromatic N) is 1. The van der Waals surface area contributed by atoms with E-state index in [2.05, 4.69) is 15.0 Å². The van der Waals surface area contributed by atoms with E-state index in [-0.39, 0.29) is 10.7 Å². The van der Waals surface area contributed by atoms with Crippen LogP contribution in [0.4, 0.5) is 20.3 Å². The van der Waals surface area contributed by atoms with Crippen LogP contribution < -0.4 is 10.0 Å². The lowest BCUT2D eigenvalue weighted by molar-refractivity contribution is 0.586. The molecule has 134 valence electrons. The van der Waals surface area contributed by atoms with Crippen molar-refractivity contribution in [2.75, 3.05) is 10.0 Å². The van der Waals surface area contributed by atoms with E-state index in [4.69, 9.17) is 23.2 Å². The van der Waals surface area contributed by atoms with Crippen LogP contribution in [0.3, 0.4) is 0 Å². The molecule has 0 amide bonds. The van der Waals surface area contributed by atoms with Crippen molar-refractivity contribution in [3.8, 4) is 0 Å². The molecule has 3 rings (SSSR count). The third-order valence-electron chi connectivity index (χ3n) is 3.43. The SMILES string of the molecule is Fc1cccc(NSc2cc(Cl)c(NCc3ccccc3Cl)cc2F)n1. The highest BCUT2D eigenvalue weighted by atomic mass is 35.5. The highest BCUT2D eigenvalue weighted by Gasteiger charge is 2.11. The largest absolute Gasteiger partial charge is 0.380 e. The maximum absolute atomic E-state index is 14.3. The zero-order chi connectivity index (χ0) is 18.5. The maximum atomic E-state index is 14.3. The number of hydrogen-bond donors (Lipinski definition) is 2. The van der Waals surface area contributed by atoms with Gasteiger partial charge in [-0.3, -0.25) is 0 Å². The van der Waals surface area contributed by atoms with Crippen molar-refractivity contribution in [2.24, 2.45) is 0 Å². The van der Waals surface area contributed by atoms with Crippen molar-refractivity contribution in [3.05, 3.63) is 82.0 Å². The van der Waals surface area contributed by atoms with E-state index >= 15 is 0 Å². The Morgan fingerprint density at radius 3 is 2.54 bits per heavy atom. The van der Waals surface area contributed by atoms with Gasteiger partial charge >= 0.3 is 0 Å². The minimum atomic E-state index is -0.617. The molecule has 1 heterocycles. The summed E-state index contributed by atoms with van der Waals surface area (Å²) >= 11 is 13.3. The smallest absolute Gasteiger partial charge is 0.214 e. The molecule has 0 saturated carbocycles. The molecule has 0 aliphatic carbocycles. The quantitative estimate of drug-likeness (QED) is 0.363. The van der Waals surface area contributed by atoms with Crippen LogP contribution in [0.15, 0.2) is 59.5 Å². The maximum Gasteiger partial charge on any atom is 0.214 e. The topological polar surface area (TPSA) is 37.0 Å². The van der Waals surface area contributed by atoms with E-state index in [1.165, 1.54) is 24.3 Å². The fourth-order valence-corrected chi connectivity index (χ4v) is 3.31.